The highest BCUT2D eigenvalue weighted by Crippen LogP contribution is 2.17. The van der Waals surface area contributed by atoms with Gasteiger partial charge in [0.2, 0.25) is 5.71 Å². The Kier molecular flexibility index (Phi) is 5.10. The largest absolute Gasteiger partial charge is 0.489 e. The fourth-order valence-electron chi connectivity index (χ4n) is 1.63. The van der Waals surface area contributed by atoms with Crippen LogP contribution in [0.2, 0.25) is 0 Å². The van der Waals surface area contributed by atoms with E-state index in [0.29, 0.717) is 12.3 Å². The number of nitrogens with zero attached hydrogens (tertiary/aromatic N) is 2. The minimum absolute atomic E-state index is 0.163. The maximum absolute atomic E-state index is 8.74. The zero-order valence-electron chi connectivity index (χ0n) is 11.8. The maximum atomic E-state index is 8.74. The van der Waals surface area contributed by atoms with Crippen LogP contribution in [0.15, 0.2) is 59.7 Å². The second-order valence-electron chi connectivity index (χ2n) is 4.40. The van der Waals surface area contributed by atoms with Crippen LogP contribution in [0.5, 0.6) is 5.75 Å². The van der Waals surface area contributed by atoms with Gasteiger partial charge in [0.25, 0.3) is 0 Å². The number of amidine groups is 1. The predicted molar refractivity (Wildman–Crippen MR) is 85.8 cm³/mol. The molecule has 22 heavy (non-hydrogen) atoms. The molecule has 0 amide bonds. The summed E-state index contributed by atoms with van der Waals surface area (Å²) < 4.78 is 5.66. The Morgan fingerprint density at radius 3 is 2.45 bits per heavy atom. The molecular weight excluding hydrogens is 278 g/mol. The molecule has 0 aromatic heterocycles. The van der Waals surface area contributed by atoms with Gasteiger partial charge in [-0.3, -0.25) is 10.8 Å². The van der Waals surface area contributed by atoms with Gasteiger partial charge in [0.1, 0.15) is 18.4 Å². The van der Waals surface area contributed by atoms with Crippen molar-refractivity contribution in [2.24, 2.45) is 10.8 Å². The fourth-order valence-corrected chi connectivity index (χ4v) is 1.63. The number of hydrogen-bond donors (Lipinski definition) is 3. The fraction of sp³-hybridized carbons (Fsp3) is 0.0625. The van der Waals surface area contributed by atoms with Crippen molar-refractivity contribution in [3.63, 3.8) is 0 Å². The van der Waals surface area contributed by atoms with E-state index >= 15 is 0 Å². The highest BCUT2D eigenvalue weighted by atomic mass is 16.5. The van der Waals surface area contributed by atoms with Gasteiger partial charge in [0.05, 0.1) is 5.69 Å². The highest BCUT2D eigenvalue weighted by Gasteiger charge is 2.01. The molecule has 0 saturated heterocycles. The van der Waals surface area contributed by atoms with Crippen LogP contribution >= 0.6 is 0 Å². The van der Waals surface area contributed by atoms with Gasteiger partial charge >= 0.3 is 0 Å². The first-order chi connectivity index (χ1) is 10.7. The van der Waals surface area contributed by atoms with Crippen molar-refractivity contribution in [3.05, 3.63) is 60.2 Å². The summed E-state index contributed by atoms with van der Waals surface area (Å²) in [6.45, 7) is 0.495. The Balaban J connectivity index is 1.93. The molecular formula is C16H15N5O. The molecule has 2 rings (SSSR count). The summed E-state index contributed by atoms with van der Waals surface area (Å²) >= 11 is 0. The molecule has 2 aromatic rings. The Labute approximate surface area is 128 Å². The molecule has 0 radical (unpaired) electrons. The lowest BCUT2D eigenvalue weighted by atomic mass is 10.2. The van der Waals surface area contributed by atoms with Crippen molar-refractivity contribution in [1.82, 2.24) is 0 Å². The molecule has 0 aliphatic carbocycles. The van der Waals surface area contributed by atoms with Gasteiger partial charge in [0.15, 0.2) is 5.84 Å². The summed E-state index contributed by atoms with van der Waals surface area (Å²) in [5.74, 6) is 0.350. The smallest absolute Gasteiger partial charge is 0.201 e. The standard InChI is InChI=1S/C16H15N5O/c17-10-15(16(18)19)21-20-13-6-8-14(9-7-13)22-11-12-4-2-1-3-5-12/h1-9,20H,11H2,(H3,18,19)/b21-15+. The SMILES string of the molecule is N#C/C(=N\Nc1ccc(OCc2ccccc2)cc1)C(=N)N. The average molecular weight is 293 g/mol. The van der Waals surface area contributed by atoms with E-state index in [1.807, 2.05) is 30.3 Å². The molecule has 6 nitrogen and oxygen atoms in total. The molecule has 0 fully saturated rings. The van der Waals surface area contributed by atoms with Gasteiger partial charge in [-0.15, -0.1) is 0 Å². The number of benzene rings is 2. The third-order valence-corrected chi connectivity index (χ3v) is 2.76. The van der Waals surface area contributed by atoms with Crippen LogP contribution in [0.4, 0.5) is 5.69 Å². The molecule has 0 aliphatic heterocycles. The Bertz CT molecular complexity index is 702. The lowest BCUT2D eigenvalue weighted by Gasteiger charge is -2.07. The highest BCUT2D eigenvalue weighted by molar-refractivity contribution is 6.45. The zero-order valence-corrected chi connectivity index (χ0v) is 11.8. The lowest BCUT2D eigenvalue weighted by molar-refractivity contribution is 0.306. The number of nitrogens with two attached hydrogens (primary N) is 1. The summed E-state index contributed by atoms with van der Waals surface area (Å²) in [7, 11) is 0. The van der Waals surface area contributed by atoms with E-state index in [-0.39, 0.29) is 11.5 Å². The third kappa shape index (κ3) is 4.35. The van der Waals surface area contributed by atoms with E-state index in [0.717, 1.165) is 11.3 Å². The topological polar surface area (TPSA) is 107 Å². The van der Waals surface area contributed by atoms with Crippen LogP contribution in [0.25, 0.3) is 0 Å². The Morgan fingerprint density at radius 2 is 1.86 bits per heavy atom. The van der Waals surface area contributed by atoms with Gasteiger partial charge in [-0.2, -0.15) is 10.4 Å². The second-order valence-corrected chi connectivity index (χ2v) is 4.40. The molecule has 0 atom stereocenters. The van der Waals surface area contributed by atoms with E-state index in [4.69, 9.17) is 21.1 Å². The lowest BCUT2D eigenvalue weighted by Crippen LogP contribution is -2.21. The van der Waals surface area contributed by atoms with Gasteiger partial charge in [0, 0.05) is 0 Å². The van der Waals surface area contributed by atoms with Crippen LogP contribution in [0.3, 0.4) is 0 Å². The second kappa shape index (κ2) is 7.45. The molecule has 0 saturated carbocycles. The number of ether oxygens (including phenoxy) is 1. The molecule has 4 N–H and O–H groups in total. The summed E-state index contributed by atoms with van der Waals surface area (Å²) in [6.07, 6.45) is 0. The molecule has 0 aliphatic rings. The average Bonchev–Trinajstić information content (AvgIpc) is 2.55. The summed E-state index contributed by atoms with van der Waals surface area (Å²) in [5, 5.41) is 19.6. The van der Waals surface area contributed by atoms with E-state index in [9.17, 15) is 0 Å². The molecule has 6 heteroatoms. The van der Waals surface area contributed by atoms with Crippen molar-refractivity contribution in [2.75, 3.05) is 5.43 Å². The van der Waals surface area contributed by atoms with E-state index in [2.05, 4.69) is 10.5 Å². The van der Waals surface area contributed by atoms with Crippen molar-refractivity contribution in [3.8, 4) is 11.8 Å². The van der Waals surface area contributed by atoms with Crippen molar-refractivity contribution in [1.29, 1.82) is 10.7 Å². The zero-order chi connectivity index (χ0) is 15.8. The van der Waals surface area contributed by atoms with Gasteiger partial charge in [-0.1, -0.05) is 30.3 Å². The quantitative estimate of drug-likeness (QED) is 0.432. The van der Waals surface area contributed by atoms with Crippen LogP contribution in [0.1, 0.15) is 5.56 Å². The van der Waals surface area contributed by atoms with Gasteiger partial charge < -0.3 is 10.5 Å². The minimum Gasteiger partial charge on any atom is -0.489 e. The first kappa shape index (κ1) is 15.1. The summed E-state index contributed by atoms with van der Waals surface area (Å²) in [6, 6.07) is 18.7. The first-order valence-electron chi connectivity index (χ1n) is 6.54. The molecule has 0 spiro atoms. The minimum atomic E-state index is -0.377. The van der Waals surface area contributed by atoms with Crippen molar-refractivity contribution < 1.29 is 4.74 Å². The third-order valence-electron chi connectivity index (χ3n) is 2.76. The molecule has 2 aromatic carbocycles. The maximum Gasteiger partial charge on any atom is 0.201 e. The van der Waals surface area contributed by atoms with E-state index in [1.165, 1.54) is 0 Å². The normalized spacial score (nSPS) is 10.6. The van der Waals surface area contributed by atoms with Crippen molar-refractivity contribution >= 4 is 17.2 Å². The molecule has 0 bridgehead atoms. The van der Waals surface area contributed by atoms with Crippen molar-refractivity contribution in [2.45, 2.75) is 6.61 Å². The van der Waals surface area contributed by atoms with Crippen LogP contribution in [-0.4, -0.2) is 11.5 Å². The number of rotatable bonds is 6. The monoisotopic (exact) mass is 293 g/mol. The number of hydrazone groups is 1. The predicted octanol–water partition coefficient (Wildman–Crippen LogP) is 2.49. The number of hydrogen-bond acceptors (Lipinski definition) is 5. The van der Waals surface area contributed by atoms with Crippen LogP contribution < -0.4 is 15.9 Å². The molecule has 0 unspecified atom stereocenters. The first-order valence-corrected chi connectivity index (χ1v) is 6.54. The van der Waals surface area contributed by atoms with Gasteiger partial charge in [-0.25, -0.2) is 0 Å². The summed E-state index contributed by atoms with van der Waals surface area (Å²) in [4.78, 5) is 0. The number of anilines is 1. The Morgan fingerprint density at radius 1 is 1.18 bits per heavy atom. The number of nitriles is 1. The van der Waals surface area contributed by atoms with Gasteiger partial charge in [-0.05, 0) is 29.8 Å². The summed E-state index contributed by atoms with van der Waals surface area (Å²) in [5.41, 5.74) is 9.46. The van der Waals surface area contributed by atoms with E-state index < -0.39 is 0 Å². The molecule has 0 heterocycles. The Hall–Kier alpha value is -3.33. The van der Waals surface area contributed by atoms with E-state index in [1.54, 1.807) is 30.3 Å². The number of nitrogens with one attached hydrogen (secondary N) is 2. The molecule has 110 valence electrons. The van der Waals surface area contributed by atoms with Crippen LogP contribution in [0, 0.1) is 16.7 Å². The van der Waals surface area contributed by atoms with Crippen LogP contribution in [-0.2, 0) is 6.61 Å².